The molecule has 0 aromatic heterocycles. The highest BCUT2D eigenvalue weighted by Gasteiger charge is 2.48. The lowest BCUT2D eigenvalue weighted by Crippen LogP contribution is -2.25. The van der Waals surface area contributed by atoms with Crippen LogP contribution in [0.4, 0.5) is 5.69 Å². The fourth-order valence-corrected chi connectivity index (χ4v) is 3.12. The number of ether oxygens (including phenoxy) is 1. The fraction of sp³-hybridized carbons (Fsp3) is 0.500. The Kier molecular flexibility index (Phi) is 2.86. The van der Waals surface area contributed by atoms with Gasteiger partial charge in [-0.05, 0) is 37.0 Å². The molecular formula is C14H15NO4. The summed E-state index contributed by atoms with van der Waals surface area (Å²) in [7, 11) is 0. The highest BCUT2D eigenvalue weighted by Crippen LogP contribution is 2.48. The van der Waals surface area contributed by atoms with Crippen molar-refractivity contribution in [1.29, 1.82) is 0 Å². The third-order valence-electron chi connectivity index (χ3n) is 4.26. The number of carbonyl (C=O) groups is 1. The lowest BCUT2D eigenvalue weighted by atomic mass is 9.82. The summed E-state index contributed by atoms with van der Waals surface area (Å²) < 4.78 is 5.76. The zero-order chi connectivity index (χ0) is 13.5. The van der Waals surface area contributed by atoms with Crippen molar-refractivity contribution in [3.63, 3.8) is 0 Å². The molecule has 1 aromatic carbocycles. The van der Waals surface area contributed by atoms with Crippen molar-refractivity contribution in [3.8, 4) is 0 Å². The van der Waals surface area contributed by atoms with Gasteiger partial charge in [-0.25, -0.2) is 0 Å². The van der Waals surface area contributed by atoms with Crippen LogP contribution in [0.2, 0.25) is 0 Å². The van der Waals surface area contributed by atoms with Crippen molar-refractivity contribution in [1.82, 2.24) is 0 Å². The summed E-state index contributed by atoms with van der Waals surface area (Å²) in [6.07, 6.45) is 3.13. The van der Waals surface area contributed by atoms with Gasteiger partial charge >= 0.3 is 0 Å². The Morgan fingerprint density at radius 3 is 2.63 bits per heavy atom. The third kappa shape index (κ3) is 2.04. The van der Waals surface area contributed by atoms with Gasteiger partial charge in [0.15, 0.2) is 0 Å². The Bertz CT molecular complexity index is 525. The predicted octanol–water partition coefficient (Wildman–Crippen LogP) is 2.80. The largest absolute Gasteiger partial charge is 0.372 e. The van der Waals surface area contributed by atoms with Crippen LogP contribution in [-0.2, 0) is 9.53 Å². The molecule has 2 aliphatic rings. The fourth-order valence-electron chi connectivity index (χ4n) is 3.12. The van der Waals surface area contributed by atoms with Gasteiger partial charge in [0.25, 0.3) is 5.69 Å². The molecular weight excluding hydrogens is 246 g/mol. The number of carbonyl (C=O) groups excluding carboxylic acids is 1. The molecule has 1 aromatic rings. The summed E-state index contributed by atoms with van der Waals surface area (Å²) >= 11 is 0. The maximum absolute atomic E-state index is 11.9. The van der Waals surface area contributed by atoms with Gasteiger partial charge in [0, 0.05) is 18.6 Å². The van der Waals surface area contributed by atoms with Crippen molar-refractivity contribution in [2.24, 2.45) is 5.41 Å². The number of nitro benzene ring substituents is 1. The van der Waals surface area contributed by atoms with Crippen molar-refractivity contribution in [2.75, 3.05) is 6.61 Å². The van der Waals surface area contributed by atoms with Crippen LogP contribution in [0.15, 0.2) is 24.3 Å². The Morgan fingerprint density at radius 2 is 2.05 bits per heavy atom. The number of benzene rings is 1. The first-order valence-corrected chi connectivity index (χ1v) is 6.50. The van der Waals surface area contributed by atoms with E-state index in [9.17, 15) is 14.9 Å². The molecule has 0 N–H and O–H groups in total. The average molecular weight is 261 g/mol. The van der Waals surface area contributed by atoms with Gasteiger partial charge in [-0.3, -0.25) is 14.9 Å². The van der Waals surface area contributed by atoms with Crippen LogP contribution in [0, 0.1) is 15.5 Å². The van der Waals surface area contributed by atoms with Gasteiger partial charge in [-0.2, -0.15) is 0 Å². The molecule has 5 heteroatoms. The van der Waals surface area contributed by atoms with Crippen LogP contribution in [-0.4, -0.2) is 17.3 Å². The zero-order valence-corrected chi connectivity index (χ0v) is 10.5. The Balaban J connectivity index is 1.77. The monoisotopic (exact) mass is 261 g/mol. The molecule has 3 rings (SSSR count). The molecule has 1 saturated carbocycles. The van der Waals surface area contributed by atoms with E-state index in [1.54, 1.807) is 12.1 Å². The van der Waals surface area contributed by atoms with Gasteiger partial charge in [-0.1, -0.05) is 0 Å². The first kappa shape index (κ1) is 12.3. The minimum absolute atomic E-state index is 0.0772. The number of nitrogens with zero attached hydrogens (tertiary/aromatic N) is 1. The third-order valence-corrected chi connectivity index (χ3v) is 4.26. The standard InChI is InChI=1S/C14H15NO4/c16-13-2-1-7-14(13)8-12(19-9-14)10-3-5-11(6-4-10)15(17)18/h3-6,12H,1-2,7-9H2/t12-,14-/m1/s1. The maximum atomic E-state index is 11.9. The number of Topliss-reactive ketones (excluding diaryl/α,β-unsaturated/α-hetero) is 1. The Labute approximate surface area is 110 Å². The molecule has 19 heavy (non-hydrogen) atoms. The van der Waals surface area contributed by atoms with E-state index in [0.29, 0.717) is 25.2 Å². The number of rotatable bonds is 2. The normalized spacial score (nSPS) is 30.1. The molecule has 1 aliphatic carbocycles. The predicted molar refractivity (Wildman–Crippen MR) is 67.7 cm³/mol. The second-order valence-corrected chi connectivity index (χ2v) is 5.41. The van der Waals surface area contributed by atoms with E-state index in [2.05, 4.69) is 0 Å². The minimum atomic E-state index is -0.415. The lowest BCUT2D eigenvalue weighted by Gasteiger charge is -2.18. The van der Waals surface area contributed by atoms with Gasteiger partial charge < -0.3 is 4.74 Å². The highest BCUT2D eigenvalue weighted by molar-refractivity contribution is 5.87. The van der Waals surface area contributed by atoms with Gasteiger partial charge in [0.2, 0.25) is 0 Å². The van der Waals surface area contributed by atoms with Crippen molar-refractivity contribution >= 4 is 11.5 Å². The van der Waals surface area contributed by atoms with Gasteiger partial charge in [0.05, 0.1) is 23.0 Å². The van der Waals surface area contributed by atoms with E-state index >= 15 is 0 Å². The number of non-ortho nitro benzene ring substituents is 1. The quantitative estimate of drug-likeness (QED) is 0.606. The average Bonchev–Trinajstić information content (AvgIpc) is 2.99. The zero-order valence-electron chi connectivity index (χ0n) is 10.5. The van der Waals surface area contributed by atoms with Crippen molar-refractivity contribution in [2.45, 2.75) is 31.8 Å². The van der Waals surface area contributed by atoms with Crippen LogP contribution in [0.25, 0.3) is 0 Å². The van der Waals surface area contributed by atoms with E-state index in [1.807, 2.05) is 0 Å². The first-order valence-electron chi connectivity index (χ1n) is 6.50. The molecule has 0 bridgehead atoms. The lowest BCUT2D eigenvalue weighted by molar-refractivity contribution is -0.384. The summed E-state index contributed by atoms with van der Waals surface area (Å²) in [5.41, 5.74) is 0.711. The Hall–Kier alpha value is -1.75. The second-order valence-electron chi connectivity index (χ2n) is 5.41. The molecule has 1 saturated heterocycles. The van der Waals surface area contributed by atoms with Gasteiger partial charge in [0.1, 0.15) is 5.78 Å². The molecule has 2 fully saturated rings. The molecule has 1 aliphatic heterocycles. The first-order chi connectivity index (χ1) is 9.11. The summed E-state index contributed by atoms with van der Waals surface area (Å²) in [5.74, 6) is 0.317. The van der Waals surface area contributed by atoms with E-state index in [0.717, 1.165) is 18.4 Å². The molecule has 0 unspecified atom stereocenters. The number of nitro groups is 1. The summed E-state index contributed by atoms with van der Waals surface area (Å²) in [6.45, 7) is 0.494. The smallest absolute Gasteiger partial charge is 0.269 e. The van der Waals surface area contributed by atoms with E-state index in [4.69, 9.17) is 4.74 Å². The molecule has 0 radical (unpaired) electrons. The molecule has 2 atom stereocenters. The maximum Gasteiger partial charge on any atom is 0.269 e. The van der Waals surface area contributed by atoms with Crippen molar-refractivity contribution < 1.29 is 14.5 Å². The topological polar surface area (TPSA) is 69.4 Å². The number of ketones is 1. The summed E-state index contributed by atoms with van der Waals surface area (Å²) in [6, 6.07) is 6.42. The molecule has 1 spiro atoms. The van der Waals surface area contributed by atoms with E-state index in [-0.39, 0.29) is 17.2 Å². The summed E-state index contributed by atoms with van der Waals surface area (Å²) in [4.78, 5) is 22.1. The van der Waals surface area contributed by atoms with E-state index in [1.165, 1.54) is 12.1 Å². The summed E-state index contributed by atoms with van der Waals surface area (Å²) in [5, 5.41) is 10.6. The highest BCUT2D eigenvalue weighted by atomic mass is 16.6. The van der Waals surface area contributed by atoms with Crippen LogP contribution in [0.3, 0.4) is 0 Å². The number of hydrogen-bond acceptors (Lipinski definition) is 4. The van der Waals surface area contributed by atoms with Crippen LogP contribution in [0.5, 0.6) is 0 Å². The second kappa shape index (κ2) is 4.42. The van der Waals surface area contributed by atoms with E-state index < -0.39 is 4.92 Å². The Morgan fingerprint density at radius 1 is 1.32 bits per heavy atom. The molecule has 0 amide bonds. The molecule has 100 valence electrons. The van der Waals surface area contributed by atoms with Crippen LogP contribution >= 0.6 is 0 Å². The number of hydrogen-bond donors (Lipinski definition) is 0. The molecule has 1 heterocycles. The van der Waals surface area contributed by atoms with Crippen molar-refractivity contribution in [3.05, 3.63) is 39.9 Å². The SMILES string of the molecule is O=C1CCC[C@@]12CO[C@@H](c1ccc([N+](=O)[O-])cc1)C2. The minimum Gasteiger partial charge on any atom is -0.372 e. The van der Waals surface area contributed by atoms with Gasteiger partial charge in [-0.15, -0.1) is 0 Å². The van der Waals surface area contributed by atoms with Crippen LogP contribution in [0.1, 0.15) is 37.4 Å². The molecule has 5 nitrogen and oxygen atoms in total. The van der Waals surface area contributed by atoms with Crippen LogP contribution < -0.4 is 0 Å².